The molecule has 1 aromatic carbocycles. The van der Waals surface area contributed by atoms with Crippen molar-refractivity contribution in [1.29, 1.82) is 0 Å². The topological polar surface area (TPSA) is 58.3 Å². The van der Waals surface area contributed by atoms with E-state index in [0.29, 0.717) is 0 Å². The predicted octanol–water partition coefficient (Wildman–Crippen LogP) is 3.98. The van der Waals surface area contributed by atoms with Gasteiger partial charge in [0.25, 0.3) is 0 Å². The molecule has 0 amide bonds. The molecular weight excluding hydrogens is 370 g/mol. The zero-order valence-corrected chi connectivity index (χ0v) is 16.5. The molecule has 4 aromatic rings. The third-order valence-electron chi connectivity index (χ3n) is 5.17. The molecule has 142 valence electrons. The number of anilines is 1. The van der Waals surface area contributed by atoms with Gasteiger partial charge in [-0.2, -0.15) is 0 Å². The molecule has 0 bridgehead atoms. The number of aromatic nitrogens is 3. The summed E-state index contributed by atoms with van der Waals surface area (Å²) in [5.74, 6) is 1.91. The van der Waals surface area contributed by atoms with E-state index in [1.54, 1.807) is 17.7 Å². The number of piperazine rings is 1. The third-order valence-corrected chi connectivity index (χ3v) is 6.06. The standard InChI is InChI=1S/C21H21N5OS/c1-15-11-17(24-27-15)12-25-7-9-26(10-8-25)20-19-18(16-5-3-2-4-6-16)13-28-21(19)23-14-22-20/h2-6,11,13-14H,7-10,12H2,1H3. The van der Waals surface area contributed by atoms with E-state index in [4.69, 9.17) is 4.52 Å². The fourth-order valence-corrected chi connectivity index (χ4v) is 4.68. The van der Waals surface area contributed by atoms with Gasteiger partial charge >= 0.3 is 0 Å². The summed E-state index contributed by atoms with van der Waals surface area (Å²) in [6, 6.07) is 12.5. The smallest absolute Gasteiger partial charge is 0.141 e. The number of nitrogens with zero attached hydrogens (tertiary/aromatic N) is 5. The number of thiophene rings is 1. The van der Waals surface area contributed by atoms with Crippen molar-refractivity contribution >= 4 is 27.4 Å². The molecular formula is C21H21N5OS. The van der Waals surface area contributed by atoms with Crippen LogP contribution in [0.25, 0.3) is 21.3 Å². The monoisotopic (exact) mass is 391 g/mol. The normalized spacial score (nSPS) is 15.4. The number of hydrogen-bond donors (Lipinski definition) is 0. The first-order chi connectivity index (χ1) is 13.8. The van der Waals surface area contributed by atoms with E-state index >= 15 is 0 Å². The molecule has 0 unspecified atom stereocenters. The van der Waals surface area contributed by atoms with Crippen LogP contribution in [0.4, 0.5) is 5.82 Å². The maximum absolute atomic E-state index is 5.19. The highest BCUT2D eigenvalue weighted by molar-refractivity contribution is 7.17. The molecule has 5 rings (SSSR count). The summed E-state index contributed by atoms with van der Waals surface area (Å²) in [7, 11) is 0. The largest absolute Gasteiger partial charge is 0.361 e. The second kappa shape index (κ2) is 7.33. The Morgan fingerprint density at radius 1 is 1.07 bits per heavy atom. The molecule has 0 spiro atoms. The third kappa shape index (κ3) is 3.27. The van der Waals surface area contributed by atoms with Crippen LogP contribution in [0.5, 0.6) is 0 Å². The van der Waals surface area contributed by atoms with Crippen LogP contribution in [0.2, 0.25) is 0 Å². The molecule has 6 nitrogen and oxygen atoms in total. The second-order valence-corrected chi connectivity index (χ2v) is 7.94. The van der Waals surface area contributed by atoms with Gasteiger partial charge in [-0.1, -0.05) is 35.5 Å². The van der Waals surface area contributed by atoms with Crippen LogP contribution in [-0.2, 0) is 6.54 Å². The van der Waals surface area contributed by atoms with E-state index in [9.17, 15) is 0 Å². The molecule has 0 atom stereocenters. The van der Waals surface area contributed by atoms with Gasteiger partial charge in [0.15, 0.2) is 0 Å². The van der Waals surface area contributed by atoms with Gasteiger partial charge in [-0.15, -0.1) is 11.3 Å². The van der Waals surface area contributed by atoms with E-state index in [-0.39, 0.29) is 0 Å². The van der Waals surface area contributed by atoms with Crippen molar-refractivity contribution < 1.29 is 4.52 Å². The molecule has 28 heavy (non-hydrogen) atoms. The molecule has 3 aromatic heterocycles. The molecule has 1 aliphatic rings. The lowest BCUT2D eigenvalue weighted by atomic mass is 10.1. The Morgan fingerprint density at radius 3 is 2.64 bits per heavy atom. The molecule has 0 saturated carbocycles. The summed E-state index contributed by atoms with van der Waals surface area (Å²) in [5.41, 5.74) is 3.43. The van der Waals surface area contributed by atoms with Crippen LogP contribution in [0, 0.1) is 6.92 Å². The molecule has 1 fully saturated rings. The summed E-state index contributed by atoms with van der Waals surface area (Å²) in [6.45, 7) is 6.59. The van der Waals surface area contributed by atoms with Crippen LogP contribution < -0.4 is 4.90 Å². The minimum absolute atomic E-state index is 0.831. The van der Waals surface area contributed by atoms with Gasteiger partial charge in [-0.25, -0.2) is 9.97 Å². The van der Waals surface area contributed by atoms with Gasteiger partial charge in [0.1, 0.15) is 22.7 Å². The quantitative estimate of drug-likeness (QED) is 0.525. The van der Waals surface area contributed by atoms with E-state index in [2.05, 4.69) is 54.6 Å². The Bertz CT molecular complexity index is 1080. The maximum Gasteiger partial charge on any atom is 0.141 e. The number of fused-ring (bicyclic) bond motifs is 1. The highest BCUT2D eigenvalue weighted by Gasteiger charge is 2.23. The molecule has 1 aliphatic heterocycles. The van der Waals surface area contributed by atoms with Crippen molar-refractivity contribution in [2.45, 2.75) is 13.5 Å². The van der Waals surface area contributed by atoms with Gasteiger partial charge in [0, 0.05) is 49.7 Å². The fourth-order valence-electron chi connectivity index (χ4n) is 3.77. The minimum atomic E-state index is 0.831. The van der Waals surface area contributed by atoms with Crippen LogP contribution >= 0.6 is 11.3 Å². The number of rotatable bonds is 4. The van der Waals surface area contributed by atoms with Crippen molar-refractivity contribution in [3.63, 3.8) is 0 Å². The molecule has 1 saturated heterocycles. The van der Waals surface area contributed by atoms with Gasteiger partial charge in [-0.05, 0) is 12.5 Å². The SMILES string of the molecule is Cc1cc(CN2CCN(c3ncnc4scc(-c5ccccc5)c34)CC2)no1. The summed E-state index contributed by atoms with van der Waals surface area (Å²) in [5, 5.41) is 7.48. The molecule has 0 N–H and O–H groups in total. The zero-order chi connectivity index (χ0) is 18.9. The summed E-state index contributed by atoms with van der Waals surface area (Å²) >= 11 is 1.68. The lowest BCUT2D eigenvalue weighted by molar-refractivity contribution is 0.241. The Labute approximate surface area is 167 Å². The molecule has 7 heteroatoms. The number of aryl methyl sites for hydroxylation is 1. The Balaban J connectivity index is 1.39. The number of hydrogen-bond acceptors (Lipinski definition) is 7. The first-order valence-electron chi connectivity index (χ1n) is 9.45. The van der Waals surface area contributed by atoms with E-state index in [1.165, 1.54) is 16.5 Å². The van der Waals surface area contributed by atoms with Crippen molar-refractivity contribution in [2.24, 2.45) is 0 Å². The average Bonchev–Trinajstić information content (AvgIpc) is 3.35. The van der Waals surface area contributed by atoms with Crippen molar-refractivity contribution in [2.75, 3.05) is 31.1 Å². The summed E-state index contributed by atoms with van der Waals surface area (Å²) in [6.07, 6.45) is 1.69. The van der Waals surface area contributed by atoms with Crippen molar-refractivity contribution in [3.05, 3.63) is 59.6 Å². The van der Waals surface area contributed by atoms with E-state index in [1.807, 2.05) is 19.1 Å². The Morgan fingerprint density at radius 2 is 1.89 bits per heavy atom. The Hall–Kier alpha value is -2.77. The molecule has 0 radical (unpaired) electrons. The highest BCUT2D eigenvalue weighted by Crippen LogP contribution is 2.37. The van der Waals surface area contributed by atoms with Crippen LogP contribution in [-0.4, -0.2) is 46.2 Å². The van der Waals surface area contributed by atoms with Gasteiger partial charge in [0.2, 0.25) is 0 Å². The van der Waals surface area contributed by atoms with Gasteiger partial charge < -0.3 is 9.42 Å². The van der Waals surface area contributed by atoms with Crippen LogP contribution in [0.3, 0.4) is 0 Å². The zero-order valence-electron chi connectivity index (χ0n) is 15.7. The molecule has 0 aliphatic carbocycles. The lowest BCUT2D eigenvalue weighted by Crippen LogP contribution is -2.46. The lowest BCUT2D eigenvalue weighted by Gasteiger charge is -2.35. The van der Waals surface area contributed by atoms with Crippen molar-refractivity contribution in [3.8, 4) is 11.1 Å². The predicted molar refractivity (Wildman–Crippen MR) is 112 cm³/mol. The molecule has 4 heterocycles. The van der Waals surface area contributed by atoms with Crippen molar-refractivity contribution in [1.82, 2.24) is 20.0 Å². The number of benzene rings is 1. The second-order valence-electron chi connectivity index (χ2n) is 7.08. The Kier molecular flexibility index (Phi) is 4.54. The highest BCUT2D eigenvalue weighted by atomic mass is 32.1. The van der Waals surface area contributed by atoms with Crippen LogP contribution in [0.1, 0.15) is 11.5 Å². The van der Waals surface area contributed by atoms with Gasteiger partial charge in [0.05, 0.1) is 11.1 Å². The minimum Gasteiger partial charge on any atom is -0.361 e. The van der Waals surface area contributed by atoms with E-state index in [0.717, 1.165) is 54.8 Å². The fraction of sp³-hybridized carbons (Fsp3) is 0.286. The van der Waals surface area contributed by atoms with E-state index < -0.39 is 0 Å². The first-order valence-corrected chi connectivity index (χ1v) is 10.3. The summed E-state index contributed by atoms with van der Waals surface area (Å²) < 4.78 is 5.19. The maximum atomic E-state index is 5.19. The van der Waals surface area contributed by atoms with Gasteiger partial charge in [-0.3, -0.25) is 4.90 Å². The summed E-state index contributed by atoms with van der Waals surface area (Å²) in [4.78, 5) is 15.0. The first kappa shape index (κ1) is 17.3. The van der Waals surface area contributed by atoms with Crippen LogP contribution in [0.15, 0.2) is 52.6 Å². The average molecular weight is 392 g/mol.